The minimum atomic E-state index is -2.82. The molecule has 6 heteroatoms. The van der Waals surface area contributed by atoms with Crippen LogP contribution < -0.4 is 0 Å². The summed E-state index contributed by atoms with van der Waals surface area (Å²) in [7, 11) is 0. The van der Waals surface area contributed by atoms with Gasteiger partial charge in [0.1, 0.15) is 0 Å². The van der Waals surface area contributed by atoms with Gasteiger partial charge in [-0.05, 0) is 30.2 Å². The summed E-state index contributed by atoms with van der Waals surface area (Å²) in [5, 5.41) is 6.81. The van der Waals surface area contributed by atoms with Crippen LogP contribution in [0.25, 0.3) is 11.5 Å². The van der Waals surface area contributed by atoms with Gasteiger partial charge in [0.25, 0.3) is 5.89 Å². The minimum Gasteiger partial charge on any atom is -0.415 e. The first-order valence-corrected chi connectivity index (χ1v) is 5.98. The fourth-order valence-corrected chi connectivity index (χ4v) is 1.80. The Bertz CT molecular complexity index is 650. The average Bonchev–Trinajstić information content (AvgIpc) is 2.95. The second-order valence-corrected chi connectivity index (χ2v) is 4.04. The third-order valence-electron chi connectivity index (χ3n) is 2.82. The van der Waals surface area contributed by atoms with Crippen LogP contribution in [0.5, 0.6) is 0 Å². The van der Waals surface area contributed by atoms with Crippen LogP contribution in [0.3, 0.4) is 0 Å². The van der Waals surface area contributed by atoms with Crippen molar-refractivity contribution in [3.63, 3.8) is 0 Å². The molecule has 0 radical (unpaired) electrons. The van der Waals surface area contributed by atoms with Gasteiger partial charge < -0.3 is 4.42 Å². The highest BCUT2D eigenvalue weighted by Crippen LogP contribution is 2.25. The van der Waals surface area contributed by atoms with Gasteiger partial charge in [0.2, 0.25) is 5.89 Å². The molecule has 0 bridgehead atoms. The molecule has 0 fully saturated rings. The van der Waals surface area contributed by atoms with Crippen LogP contribution in [-0.2, 0) is 6.42 Å². The maximum absolute atomic E-state index is 12.4. The summed E-state index contributed by atoms with van der Waals surface area (Å²) in [6.07, 6.45) is -0.946. The summed E-state index contributed by atoms with van der Waals surface area (Å²) in [4.78, 5) is 11.8. The van der Waals surface area contributed by atoms with Gasteiger partial charge in [0, 0.05) is 11.1 Å². The molecule has 0 spiro atoms. The van der Waals surface area contributed by atoms with Gasteiger partial charge in [-0.2, -0.15) is 8.78 Å². The molecule has 0 atom stereocenters. The highest BCUT2D eigenvalue weighted by molar-refractivity contribution is 6.05. The number of halogens is 2. The van der Waals surface area contributed by atoms with Crippen molar-refractivity contribution >= 4 is 5.78 Å². The highest BCUT2D eigenvalue weighted by Gasteiger charge is 2.18. The van der Waals surface area contributed by atoms with Crippen molar-refractivity contribution in [2.75, 3.05) is 0 Å². The molecule has 0 saturated carbocycles. The van der Waals surface area contributed by atoms with Gasteiger partial charge in [-0.3, -0.25) is 4.79 Å². The topological polar surface area (TPSA) is 56.0 Å². The highest BCUT2D eigenvalue weighted by atomic mass is 19.3. The zero-order valence-electron chi connectivity index (χ0n) is 10.8. The molecule has 0 N–H and O–H groups in total. The summed E-state index contributed by atoms with van der Waals surface area (Å²) in [5.41, 5.74) is 1.72. The normalized spacial score (nSPS) is 10.8. The Morgan fingerprint density at radius 2 is 2.20 bits per heavy atom. The van der Waals surface area contributed by atoms with Crippen LogP contribution in [0.1, 0.15) is 35.2 Å². The van der Waals surface area contributed by atoms with Crippen molar-refractivity contribution in [3.8, 4) is 11.5 Å². The second kappa shape index (κ2) is 5.73. The molecule has 2 aromatic rings. The molecule has 0 aliphatic heterocycles. The van der Waals surface area contributed by atoms with E-state index in [1.54, 1.807) is 18.2 Å². The van der Waals surface area contributed by atoms with Gasteiger partial charge in [-0.1, -0.05) is 19.6 Å². The standard InChI is InChI=1S/C14H12F2N2O2/c1-3-8-5-6-9(7-10(8)11(19)4-2)13-17-18-14(20-13)12(15)16/h4-7,12H,2-3H2,1H3. The molecule has 0 amide bonds. The number of carbonyl (C=O) groups excluding carboxylic acids is 1. The first-order chi connectivity index (χ1) is 9.56. The van der Waals surface area contributed by atoms with E-state index in [9.17, 15) is 13.6 Å². The molecule has 0 aliphatic carbocycles. The summed E-state index contributed by atoms with van der Waals surface area (Å²) >= 11 is 0. The number of nitrogens with zero attached hydrogens (tertiary/aromatic N) is 2. The van der Waals surface area contributed by atoms with E-state index in [2.05, 4.69) is 16.8 Å². The van der Waals surface area contributed by atoms with E-state index in [1.165, 1.54) is 6.08 Å². The Hall–Kier alpha value is -2.37. The van der Waals surface area contributed by atoms with E-state index in [0.29, 0.717) is 17.5 Å². The van der Waals surface area contributed by atoms with E-state index >= 15 is 0 Å². The first-order valence-electron chi connectivity index (χ1n) is 5.98. The number of alkyl halides is 2. The average molecular weight is 278 g/mol. The molecule has 1 aromatic heterocycles. The zero-order valence-corrected chi connectivity index (χ0v) is 10.8. The van der Waals surface area contributed by atoms with E-state index in [-0.39, 0.29) is 11.7 Å². The third kappa shape index (κ3) is 2.64. The maximum atomic E-state index is 12.4. The first kappa shape index (κ1) is 14.0. The number of hydrogen-bond donors (Lipinski definition) is 0. The number of aryl methyl sites for hydroxylation is 1. The number of ketones is 1. The monoisotopic (exact) mass is 278 g/mol. The Kier molecular flexibility index (Phi) is 4.02. The van der Waals surface area contributed by atoms with Crippen LogP contribution in [0.15, 0.2) is 35.3 Å². The second-order valence-electron chi connectivity index (χ2n) is 4.04. The molecule has 0 aliphatic rings. The number of rotatable bonds is 5. The summed E-state index contributed by atoms with van der Waals surface area (Å²) in [6.45, 7) is 5.36. The van der Waals surface area contributed by atoms with Gasteiger partial charge in [-0.15, -0.1) is 10.2 Å². The van der Waals surface area contributed by atoms with Crippen molar-refractivity contribution < 1.29 is 18.0 Å². The quantitative estimate of drug-likeness (QED) is 0.619. The Morgan fingerprint density at radius 3 is 2.75 bits per heavy atom. The van der Waals surface area contributed by atoms with Crippen molar-refractivity contribution in [1.82, 2.24) is 10.2 Å². The zero-order chi connectivity index (χ0) is 14.7. The van der Waals surface area contributed by atoms with Crippen LogP contribution >= 0.6 is 0 Å². The summed E-state index contributed by atoms with van der Waals surface area (Å²) < 4.78 is 29.7. The molecule has 4 nitrogen and oxygen atoms in total. The van der Waals surface area contributed by atoms with Crippen LogP contribution in [-0.4, -0.2) is 16.0 Å². The Labute approximate surface area is 114 Å². The lowest BCUT2D eigenvalue weighted by Gasteiger charge is -2.06. The number of carbonyl (C=O) groups is 1. The van der Waals surface area contributed by atoms with E-state index in [0.717, 1.165) is 5.56 Å². The summed E-state index contributed by atoms with van der Waals surface area (Å²) in [6, 6.07) is 4.94. The fraction of sp³-hybridized carbons (Fsp3) is 0.214. The van der Waals surface area contributed by atoms with Gasteiger partial charge in [0.05, 0.1) is 0 Å². The maximum Gasteiger partial charge on any atom is 0.314 e. The van der Waals surface area contributed by atoms with E-state index in [4.69, 9.17) is 4.42 Å². The third-order valence-corrected chi connectivity index (χ3v) is 2.82. The minimum absolute atomic E-state index is 0.0407. The Balaban J connectivity index is 2.46. The molecular weight excluding hydrogens is 266 g/mol. The van der Waals surface area contributed by atoms with Gasteiger partial charge >= 0.3 is 6.43 Å². The van der Waals surface area contributed by atoms with Crippen LogP contribution in [0.2, 0.25) is 0 Å². The molecule has 20 heavy (non-hydrogen) atoms. The lowest BCUT2D eigenvalue weighted by molar-refractivity contribution is 0.104. The van der Waals surface area contributed by atoms with E-state index < -0.39 is 12.3 Å². The Morgan fingerprint density at radius 1 is 1.45 bits per heavy atom. The van der Waals surface area contributed by atoms with Crippen molar-refractivity contribution in [2.24, 2.45) is 0 Å². The summed E-state index contributed by atoms with van der Waals surface area (Å²) in [5.74, 6) is -1.02. The molecule has 1 aromatic carbocycles. The predicted octanol–water partition coefficient (Wildman–Crippen LogP) is 3.61. The number of allylic oxidation sites excluding steroid dienone is 1. The SMILES string of the molecule is C=CC(=O)c1cc(-c2nnc(C(F)F)o2)ccc1CC. The molecule has 2 rings (SSSR count). The van der Waals surface area contributed by atoms with Crippen molar-refractivity contribution in [3.05, 3.63) is 47.9 Å². The number of aromatic nitrogens is 2. The van der Waals surface area contributed by atoms with Crippen LogP contribution in [0, 0.1) is 0 Å². The lowest BCUT2D eigenvalue weighted by atomic mass is 9.98. The molecule has 0 unspecified atom stereocenters. The number of benzene rings is 1. The molecule has 104 valence electrons. The van der Waals surface area contributed by atoms with Crippen molar-refractivity contribution in [2.45, 2.75) is 19.8 Å². The fourth-order valence-electron chi connectivity index (χ4n) is 1.80. The molecule has 0 saturated heterocycles. The smallest absolute Gasteiger partial charge is 0.314 e. The van der Waals surface area contributed by atoms with Gasteiger partial charge in [0.15, 0.2) is 5.78 Å². The van der Waals surface area contributed by atoms with Crippen molar-refractivity contribution in [1.29, 1.82) is 0 Å². The van der Waals surface area contributed by atoms with E-state index in [1.807, 2.05) is 6.92 Å². The number of hydrogen-bond acceptors (Lipinski definition) is 4. The largest absolute Gasteiger partial charge is 0.415 e. The molecular formula is C14H12F2N2O2. The van der Waals surface area contributed by atoms with Crippen LogP contribution in [0.4, 0.5) is 8.78 Å². The lowest BCUT2D eigenvalue weighted by Crippen LogP contribution is -2.00. The van der Waals surface area contributed by atoms with Gasteiger partial charge in [-0.25, -0.2) is 0 Å². The molecule has 1 heterocycles. The predicted molar refractivity (Wildman–Crippen MR) is 68.6 cm³/mol.